The smallest absolute Gasteiger partial charge is 0.264 e. The Kier molecular flexibility index (Phi) is 7.41. The molecular formula is C26H30N2O3S2. The summed E-state index contributed by atoms with van der Waals surface area (Å²) in [4.78, 5) is 9.26. The number of pyridine rings is 1. The fourth-order valence-electron chi connectivity index (χ4n) is 4.49. The van der Waals surface area contributed by atoms with E-state index in [1.807, 2.05) is 18.2 Å². The van der Waals surface area contributed by atoms with Gasteiger partial charge in [-0.2, -0.15) is 8.42 Å². The summed E-state index contributed by atoms with van der Waals surface area (Å²) in [6.07, 6.45) is 5.87. The standard InChI is InChI=1S/C26H30N2O3S2/c1-3-8-19-13-14-25-23(18-19)28(21-11-5-6-12-24(21)32-25)22(15-17-33(29,30)31)26-20(9-4-2)10-7-16-27-26/h5-7,10-14,16,18,22H,3-4,8-9,15,17H2,1-2H3,(H,29,30,31). The van der Waals surface area contributed by atoms with Crippen LogP contribution in [0.4, 0.5) is 11.4 Å². The van der Waals surface area contributed by atoms with Crippen LogP contribution in [0.1, 0.15) is 56.0 Å². The summed E-state index contributed by atoms with van der Waals surface area (Å²) in [6, 6.07) is 18.5. The second-order valence-electron chi connectivity index (χ2n) is 8.38. The van der Waals surface area contributed by atoms with E-state index in [1.165, 1.54) is 5.56 Å². The van der Waals surface area contributed by atoms with Crippen LogP contribution in [-0.2, 0) is 23.0 Å². The number of rotatable bonds is 9. The third-order valence-electron chi connectivity index (χ3n) is 5.89. The Labute approximate surface area is 201 Å². The first kappa shape index (κ1) is 23.8. The lowest BCUT2D eigenvalue weighted by Gasteiger charge is -2.39. The van der Waals surface area contributed by atoms with Gasteiger partial charge >= 0.3 is 0 Å². The minimum atomic E-state index is -4.12. The quantitative estimate of drug-likeness (QED) is 0.346. The average Bonchev–Trinajstić information content (AvgIpc) is 2.79. The van der Waals surface area contributed by atoms with Crippen LogP contribution in [0.5, 0.6) is 0 Å². The molecule has 0 spiro atoms. The minimum absolute atomic E-state index is 0.239. The molecule has 0 bridgehead atoms. The Morgan fingerprint density at radius 3 is 2.48 bits per heavy atom. The number of para-hydroxylation sites is 1. The predicted octanol–water partition coefficient (Wildman–Crippen LogP) is 6.61. The predicted molar refractivity (Wildman–Crippen MR) is 135 cm³/mol. The van der Waals surface area contributed by atoms with E-state index in [0.717, 1.165) is 58.1 Å². The molecule has 1 aliphatic heterocycles. The molecule has 0 amide bonds. The van der Waals surface area contributed by atoms with Crippen molar-refractivity contribution in [3.8, 4) is 0 Å². The van der Waals surface area contributed by atoms with E-state index in [9.17, 15) is 13.0 Å². The molecule has 0 radical (unpaired) electrons. The topological polar surface area (TPSA) is 70.5 Å². The van der Waals surface area contributed by atoms with Gasteiger partial charge in [0, 0.05) is 16.0 Å². The lowest BCUT2D eigenvalue weighted by molar-refractivity contribution is 0.476. The van der Waals surface area contributed by atoms with E-state index in [2.05, 4.69) is 55.1 Å². The van der Waals surface area contributed by atoms with Crippen molar-refractivity contribution in [2.24, 2.45) is 0 Å². The normalized spacial score (nSPS) is 14.0. The zero-order valence-electron chi connectivity index (χ0n) is 19.1. The molecule has 5 nitrogen and oxygen atoms in total. The lowest BCUT2D eigenvalue weighted by Crippen LogP contribution is -2.30. The second kappa shape index (κ2) is 10.3. The van der Waals surface area contributed by atoms with Crippen LogP contribution < -0.4 is 4.90 Å². The summed E-state index contributed by atoms with van der Waals surface area (Å²) in [5.41, 5.74) is 5.35. The molecular weight excluding hydrogens is 452 g/mol. The Morgan fingerprint density at radius 1 is 0.970 bits per heavy atom. The maximum absolute atomic E-state index is 11.8. The van der Waals surface area contributed by atoms with Gasteiger partial charge in [0.2, 0.25) is 0 Å². The number of nitrogens with zero attached hydrogens (tertiary/aromatic N) is 2. The van der Waals surface area contributed by atoms with Crippen LogP contribution in [0.3, 0.4) is 0 Å². The van der Waals surface area contributed by atoms with Crippen LogP contribution in [0.25, 0.3) is 0 Å². The van der Waals surface area contributed by atoms with Crippen LogP contribution in [0, 0.1) is 0 Å². The molecule has 2 heterocycles. The molecule has 174 valence electrons. The van der Waals surface area contributed by atoms with Crippen molar-refractivity contribution in [3.63, 3.8) is 0 Å². The summed E-state index contributed by atoms with van der Waals surface area (Å²) in [5.74, 6) is -0.324. The van der Waals surface area contributed by atoms with Gasteiger partial charge in [-0.3, -0.25) is 9.54 Å². The zero-order chi connectivity index (χ0) is 23.4. The van der Waals surface area contributed by atoms with Gasteiger partial charge < -0.3 is 4.90 Å². The zero-order valence-corrected chi connectivity index (χ0v) is 20.7. The molecule has 0 saturated carbocycles. The number of aryl methyl sites for hydroxylation is 2. The van der Waals surface area contributed by atoms with E-state index in [0.29, 0.717) is 0 Å². The van der Waals surface area contributed by atoms with Gasteiger partial charge in [0.1, 0.15) is 0 Å². The van der Waals surface area contributed by atoms with Gasteiger partial charge in [-0.25, -0.2) is 0 Å². The number of hydrogen-bond donors (Lipinski definition) is 1. The number of anilines is 2. The maximum atomic E-state index is 11.8. The van der Waals surface area contributed by atoms with Crippen molar-refractivity contribution >= 4 is 33.3 Å². The first-order valence-electron chi connectivity index (χ1n) is 11.5. The highest BCUT2D eigenvalue weighted by Crippen LogP contribution is 2.52. The van der Waals surface area contributed by atoms with E-state index in [-0.39, 0.29) is 18.2 Å². The number of aromatic nitrogens is 1. The molecule has 0 aliphatic carbocycles. The molecule has 33 heavy (non-hydrogen) atoms. The largest absolute Gasteiger partial charge is 0.330 e. The van der Waals surface area contributed by atoms with E-state index in [1.54, 1.807) is 18.0 Å². The van der Waals surface area contributed by atoms with E-state index in [4.69, 9.17) is 4.98 Å². The number of hydrogen-bond acceptors (Lipinski definition) is 5. The molecule has 2 aromatic carbocycles. The monoisotopic (exact) mass is 482 g/mol. The van der Waals surface area contributed by atoms with Gasteiger partial charge in [0.15, 0.2) is 0 Å². The highest BCUT2D eigenvalue weighted by molar-refractivity contribution is 7.99. The fourth-order valence-corrected chi connectivity index (χ4v) is 6.06. The SMILES string of the molecule is CCCc1ccc2c(c1)N(C(CCS(=O)(=O)O)c1ncccc1CCC)c1ccccc1S2. The molecule has 3 aromatic rings. The molecule has 1 N–H and O–H groups in total. The second-order valence-corrected chi connectivity index (χ2v) is 11.0. The highest BCUT2D eigenvalue weighted by atomic mass is 32.2. The van der Waals surface area contributed by atoms with Crippen molar-refractivity contribution in [1.29, 1.82) is 0 Å². The Morgan fingerprint density at radius 2 is 1.73 bits per heavy atom. The van der Waals surface area contributed by atoms with Gasteiger partial charge in [-0.05, 0) is 60.7 Å². The molecule has 0 fully saturated rings. The summed E-state index contributed by atoms with van der Waals surface area (Å²) in [7, 11) is -4.12. The lowest BCUT2D eigenvalue weighted by atomic mass is 9.98. The van der Waals surface area contributed by atoms with Gasteiger partial charge in [0.25, 0.3) is 10.1 Å². The molecule has 1 aliphatic rings. The summed E-state index contributed by atoms with van der Waals surface area (Å²) in [5, 5.41) is 0. The number of fused-ring (bicyclic) bond motifs is 2. The average molecular weight is 483 g/mol. The van der Waals surface area contributed by atoms with Crippen molar-refractivity contribution < 1.29 is 13.0 Å². The Balaban J connectivity index is 1.91. The molecule has 4 rings (SSSR count). The van der Waals surface area contributed by atoms with Crippen LogP contribution in [-0.4, -0.2) is 23.7 Å². The summed E-state index contributed by atoms with van der Waals surface area (Å²) in [6.45, 7) is 4.30. The maximum Gasteiger partial charge on any atom is 0.264 e. The first-order chi connectivity index (χ1) is 15.9. The third kappa shape index (κ3) is 5.42. The molecule has 1 unspecified atom stereocenters. The van der Waals surface area contributed by atoms with Gasteiger partial charge in [-0.1, -0.05) is 62.7 Å². The molecule has 1 atom stereocenters. The number of benzene rings is 2. The fraction of sp³-hybridized carbons (Fsp3) is 0.346. The van der Waals surface area contributed by atoms with Crippen LogP contribution in [0.2, 0.25) is 0 Å². The van der Waals surface area contributed by atoms with Crippen LogP contribution >= 0.6 is 11.8 Å². The summed E-state index contributed by atoms with van der Waals surface area (Å²) >= 11 is 1.73. The third-order valence-corrected chi connectivity index (χ3v) is 7.77. The minimum Gasteiger partial charge on any atom is -0.330 e. The first-order valence-corrected chi connectivity index (χ1v) is 13.9. The van der Waals surface area contributed by atoms with Crippen molar-refractivity contribution in [1.82, 2.24) is 4.98 Å². The van der Waals surface area contributed by atoms with Gasteiger partial charge in [-0.15, -0.1) is 0 Å². The molecule has 1 aromatic heterocycles. The highest BCUT2D eigenvalue weighted by Gasteiger charge is 2.33. The van der Waals surface area contributed by atoms with E-state index >= 15 is 0 Å². The van der Waals surface area contributed by atoms with Crippen molar-refractivity contribution in [2.45, 2.75) is 61.8 Å². The Hall–Kier alpha value is -2.35. The van der Waals surface area contributed by atoms with Crippen molar-refractivity contribution in [2.75, 3.05) is 10.7 Å². The van der Waals surface area contributed by atoms with Gasteiger partial charge in [0.05, 0.1) is 28.9 Å². The summed E-state index contributed by atoms with van der Waals surface area (Å²) < 4.78 is 33.2. The Bertz CT molecular complexity index is 1230. The van der Waals surface area contributed by atoms with Crippen molar-refractivity contribution in [3.05, 3.63) is 77.6 Å². The molecule has 0 saturated heterocycles. The van der Waals surface area contributed by atoms with E-state index < -0.39 is 10.1 Å². The van der Waals surface area contributed by atoms with Crippen LogP contribution in [0.15, 0.2) is 70.6 Å². The molecule has 7 heteroatoms.